The Hall–Kier alpha value is -2.03. The summed E-state index contributed by atoms with van der Waals surface area (Å²) in [5.74, 6) is 1.83. The fourth-order valence-corrected chi connectivity index (χ4v) is 3.57. The molecule has 2 aromatic rings. The Morgan fingerprint density at radius 1 is 0.700 bits per heavy atom. The molecule has 0 radical (unpaired) electrons. The average molecular weight is 430 g/mol. The number of rotatable bonds is 5. The van der Waals surface area contributed by atoms with Crippen LogP contribution >= 0.6 is 8.20 Å². The Morgan fingerprint density at radius 3 is 1.53 bits per heavy atom. The van der Waals surface area contributed by atoms with Crippen molar-refractivity contribution in [1.82, 2.24) is 0 Å². The molecule has 0 aliphatic heterocycles. The van der Waals surface area contributed by atoms with Crippen LogP contribution in [0.25, 0.3) is 0 Å². The lowest BCUT2D eigenvalue weighted by atomic mass is 10.1. The Bertz CT molecular complexity index is 845. The molecule has 2 rings (SSSR count). The minimum atomic E-state index is -0.445. The van der Waals surface area contributed by atoms with E-state index in [-0.39, 0.29) is 11.1 Å². The predicted octanol–water partition coefficient (Wildman–Crippen LogP) is 5.33. The molecule has 0 N–H and O–H groups in total. The van der Waals surface area contributed by atoms with Crippen LogP contribution in [0.1, 0.15) is 67.9 Å². The molecule has 0 saturated heterocycles. The monoisotopic (exact) mass is 429 g/mol. The summed E-state index contributed by atoms with van der Waals surface area (Å²) in [5, 5.41) is 13.7. The van der Waals surface area contributed by atoms with Gasteiger partial charge in [-0.25, -0.2) is 0 Å². The maximum atomic E-state index is 13.0. The van der Waals surface area contributed by atoms with E-state index in [1.165, 1.54) is 0 Å². The lowest BCUT2D eigenvalue weighted by Gasteiger charge is -2.29. The SMILES string of the molecule is CC(C)(C)Oc1cc(OC(C)(C)C)c(P=C([O-])c2ccccc2)c(OC(C)(C)C)c1. The van der Waals surface area contributed by atoms with E-state index in [9.17, 15) is 5.11 Å². The van der Waals surface area contributed by atoms with Crippen molar-refractivity contribution in [3.8, 4) is 17.2 Å². The number of hydrogen-bond acceptors (Lipinski definition) is 4. The molecule has 0 heterocycles. The molecule has 0 fully saturated rings. The zero-order valence-electron chi connectivity index (χ0n) is 19.6. The van der Waals surface area contributed by atoms with Crippen LogP contribution in [0.4, 0.5) is 0 Å². The molecule has 0 unspecified atom stereocenters. The van der Waals surface area contributed by atoms with Crippen LogP contribution in [-0.4, -0.2) is 22.3 Å². The number of hydrogen-bond donors (Lipinski definition) is 0. The highest BCUT2D eigenvalue weighted by Gasteiger charge is 2.23. The Kier molecular flexibility index (Phi) is 7.27. The molecule has 4 nitrogen and oxygen atoms in total. The van der Waals surface area contributed by atoms with E-state index in [4.69, 9.17) is 14.2 Å². The lowest BCUT2D eigenvalue weighted by molar-refractivity contribution is -0.207. The second kappa shape index (κ2) is 8.99. The van der Waals surface area contributed by atoms with Crippen molar-refractivity contribution in [2.24, 2.45) is 0 Å². The lowest BCUT2D eigenvalue weighted by Crippen LogP contribution is -2.30. The summed E-state index contributed by atoms with van der Waals surface area (Å²) in [4.78, 5) is 0. The molecule has 2 aromatic carbocycles. The van der Waals surface area contributed by atoms with Gasteiger partial charge in [0.15, 0.2) is 0 Å². The van der Waals surface area contributed by atoms with Crippen LogP contribution in [0.3, 0.4) is 0 Å². The van der Waals surface area contributed by atoms with Gasteiger partial charge in [-0.15, -0.1) is 5.48 Å². The fourth-order valence-electron chi connectivity index (χ4n) is 2.64. The summed E-state index contributed by atoms with van der Waals surface area (Å²) in [6.07, 6.45) is 0. The van der Waals surface area contributed by atoms with Crippen LogP contribution in [0.5, 0.6) is 17.2 Å². The summed E-state index contributed by atoms with van der Waals surface area (Å²) >= 11 is 0. The van der Waals surface area contributed by atoms with E-state index in [1.54, 1.807) is 0 Å². The van der Waals surface area contributed by atoms with Crippen molar-refractivity contribution in [2.75, 3.05) is 0 Å². The molecule has 0 amide bonds. The highest BCUT2D eigenvalue weighted by molar-refractivity contribution is 7.49. The minimum absolute atomic E-state index is 0.0161. The van der Waals surface area contributed by atoms with Gasteiger partial charge in [-0.05, 0) is 67.9 Å². The first-order chi connectivity index (χ1) is 13.6. The molecular weight excluding hydrogens is 395 g/mol. The van der Waals surface area contributed by atoms with Crippen LogP contribution < -0.4 is 24.6 Å². The van der Waals surface area contributed by atoms with Gasteiger partial charge >= 0.3 is 0 Å². The molecule has 0 aromatic heterocycles. The molecule has 0 atom stereocenters. The largest absolute Gasteiger partial charge is 0.823 e. The summed E-state index contributed by atoms with van der Waals surface area (Å²) < 4.78 is 18.6. The summed E-state index contributed by atoms with van der Waals surface area (Å²) in [7, 11) is 0.489. The van der Waals surface area contributed by atoms with Crippen molar-refractivity contribution in [1.29, 1.82) is 0 Å². The van der Waals surface area contributed by atoms with Gasteiger partial charge in [0.25, 0.3) is 0 Å². The topological polar surface area (TPSA) is 50.8 Å². The molecule has 0 spiro atoms. The second-order valence-electron chi connectivity index (χ2n) is 10.2. The first kappa shape index (κ1) is 24.2. The van der Waals surface area contributed by atoms with Gasteiger partial charge in [0, 0.05) is 12.1 Å². The van der Waals surface area contributed by atoms with Gasteiger partial charge in [-0.2, -0.15) is 0 Å². The van der Waals surface area contributed by atoms with Gasteiger partial charge in [0.05, 0.1) is 5.30 Å². The standard InChI is InChI=1S/C25H35O4P/c1-23(2,3)27-18-15-19(28-24(4,5)6)21(20(16-18)29-25(7,8)9)30-22(26)17-13-11-10-12-14-17/h10-16,26H,1-9H3/p-1. The minimum Gasteiger partial charge on any atom is -0.823 e. The fraction of sp³-hybridized carbons (Fsp3) is 0.480. The molecule has 0 aliphatic rings. The smallest absolute Gasteiger partial charge is 0.139 e. The summed E-state index contributed by atoms with van der Waals surface area (Å²) in [5.41, 5.74) is -0.633. The van der Waals surface area contributed by atoms with Gasteiger partial charge in [0.1, 0.15) is 34.1 Å². The van der Waals surface area contributed by atoms with E-state index >= 15 is 0 Å². The third-order valence-corrected chi connectivity index (χ3v) is 4.63. The van der Waals surface area contributed by atoms with Crippen molar-refractivity contribution in [3.63, 3.8) is 0 Å². The Balaban J connectivity index is 2.70. The Labute approximate surface area is 183 Å². The molecule has 0 aliphatic carbocycles. The van der Waals surface area contributed by atoms with E-state index < -0.39 is 11.2 Å². The van der Waals surface area contributed by atoms with Crippen LogP contribution in [0.15, 0.2) is 42.5 Å². The van der Waals surface area contributed by atoms with Gasteiger partial charge in [0.2, 0.25) is 0 Å². The van der Waals surface area contributed by atoms with Gasteiger partial charge < -0.3 is 19.3 Å². The third kappa shape index (κ3) is 8.01. The first-order valence-corrected chi connectivity index (χ1v) is 11.1. The normalized spacial score (nSPS) is 13.2. The van der Waals surface area contributed by atoms with Crippen molar-refractivity contribution < 1.29 is 19.3 Å². The highest BCUT2D eigenvalue weighted by atomic mass is 31.1. The zero-order valence-corrected chi connectivity index (χ0v) is 20.5. The van der Waals surface area contributed by atoms with Gasteiger partial charge in [-0.1, -0.05) is 38.5 Å². The van der Waals surface area contributed by atoms with E-state index in [0.29, 0.717) is 36.3 Å². The van der Waals surface area contributed by atoms with E-state index in [1.807, 2.05) is 105 Å². The molecule has 30 heavy (non-hydrogen) atoms. The first-order valence-electron chi connectivity index (χ1n) is 10.2. The zero-order chi connectivity index (χ0) is 22.7. The van der Waals surface area contributed by atoms with Crippen LogP contribution in [-0.2, 0) is 0 Å². The van der Waals surface area contributed by atoms with Crippen LogP contribution in [0, 0.1) is 0 Å². The molecule has 0 saturated carbocycles. The highest BCUT2D eigenvalue weighted by Crippen LogP contribution is 2.35. The average Bonchev–Trinajstić information content (AvgIpc) is 2.54. The van der Waals surface area contributed by atoms with Crippen molar-refractivity contribution >= 4 is 19.0 Å². The maximum absolute atomic E-state index is 13.0. The maximum Gasteiger partial charge on any atom is 0.139 e. The summed E-state index contributed by atoms with van der Waals surface area (Å²) in [6.45, 7) is 17.9. The van der Waals surface area contributed by atoms with E-state index in [2.05, 4.69) is 0 Å². The molecule has 164 valence electrons. The van der Waals surface area contributed by atoms with Crippen molar-refractivity contribution in [3.05, 3.63) is 48.0 Å². The van der Waals surface area contributed by atoms with Crippen molar-refractivity contribution in [2.45, 2.75) is 79.1 Å². The number of benzene rings is 2. The Morgan fingerprint density at radius 2 is 1.13 bits per heavy atom. The third-order valence-electron chi connectivity index (χ3n) is 3.50. The second-order valence-corrected chi connectivity index (χ2v) is 11.3. The van der Waals surface area contributed by atoms with Gasteiger partial charge in [-0.3, -0.25) is 0 Å². The van der Waals surface area contributed by atoms with Crippen LogP contribution in [0.2, 0.25) is 0 Å². The molecule has 0 bridgehead atoms. The molecule has 5 heteroatoms. The molecular formula is C25H34O4P-. The predicted molar refractivity (Wildman–Crippen MR) is 125 cm³/mol. The summed E-state index contributed by atoms with van der Waals surface area (Å²) in [6, 6.07) is 13.0. The quantitative estimate of drug-likeness (QED) is 0.603. The van der Waals surface area contributed by atoms with E-state index in [0.717, 1.165) is 0 Å². The number of ether oxygens (including phenoxy) is 3.